The highest BCUT2D eigenvalue weighted by Crippen LogP contribution is 2.33. The van der Waals surface area contributed by atoms with Gasteiger partial charge in [0.2, 0.25) is 0 Å². The lowest BCUT2D eigenvalue weighted by Crippen LogP contribution is -2.46. The first-order valence-corrected chi connectivity index (χ1v) is 11.4. The summed E-state index contributed by atoms with van der Waals surface area (Å²) < 4.78 is 5.69. The molecule has 0 aromatic heterocycles. The number of rotatable bonds is 8. The van der Waals surface area contributed by atoms with Crippen LogP contribution in [0.2, 0.25) is 0 Å². The van der Waals surface area contributed by atoms with Gasteiger partial charge in [0.05, 0.1) is 12.2 Å². The minimum atomic E-state index is -0.206. The predicted molar refractivity (Wildman–Crippen MR) is 125 cm³/mol. The number of amides is 2. The molecule has 168 valence electrons. The maximum absolute atomic E-state index is 13.5. The third kappa shape index (κ3) is 4.70. The Balaban J connectivity index is 1.62. The van der Waals surface area contributed by atoms with Crippen LogP contribution in [0.1, 0.15) is 24.5 Å². The minimum Gasteiger partial charge on any atom is -0.494 e. The number of hydrogen-bond acceptors (Lipinski definition) is 5. The number of hydrogen-bond donors (Lipinski definition) is 0. The van der Waals surface area contributed by atoms with E-state index >= 15 is 0 Å². The monoisotopic (exact) mass is 433 g/mol. The van der Waals surface area contributed by atoms with Gasteiger partial charge in [0.1, 0.15) is 11.4 Å². The Bertz CT molecular complexity index is 977. The van der Waals surface area contributed by atoms with Crippen LogP contribution in [-0.4, -0.2) is 72.9 Å². The second kappa shape index (κ2) is 10.0. The van der Waals surface area contributed by atoms with E-state index in [2.05, 4.69) is 23.8 Å². The maximum Gasteiger partial charge on any atom is 0.277 e. The normalized spacial score (nSPS) is 17.4. The minimum absolute atomic E-state index is 0.184. The standard InChI is InChI=1S/C26H31N3O3/c1-3-19-32-22-11-9-21(10-12-22)23-24(28-17-15-27(2)16-18-28)26(31)29(25(23)30)14-13-20-7-5-4-6-8-20/h4-12H,3,13-19H2,1-2H3. The van der Waals surface area contributed by atoms with Crippen molar-refractivity contribution >= 4 is 17.4 Å². The van der Waals surface area contributed by atoms with E-state index in [9.17, 15) is 9.59 Å². The van der Waals surface area contributed by atoms with Crippen LogP contribution in [0.25, 0.3) is 5.57 Å². The summed E-state index contributed by atoms with van der Waals surface area (Å²) in [6.45, 7) is 6.29. The van der Waals surface area contributed by atoms with E-state index in [0.717, 1.165) is 49.5 Å². The Kier molecular flexibility index (Phi) is 6.90. The first-order valence-electron chi connectivity index (χ1n) is 11.4. The Morgan fingerprint density at radius 2 is 1.56 bits per heavy atom. The summed E-state index contributed by atoms with van der Waals surface area (Å²) in [5.74, 6) is 0.383. The van der Waals surface area contributed by atoms with Gasteiger partial charge in [0.25, 0.3) is 11.8 Å². The topological polar surface area (TPSA) is 53.1 Å². The van der Waals surface area contributed by atoms with Crippen LogP contribution in [0.15, 0.2) is 60.3 Å². The molecule has 2 heterocycles. The number of benzene rings is 2. The molecule has 6 heteroatoms. The lowest BCUT2D eigenvalue weighted by atomic mass is 10.0. The van der Waals surface area contributed by atoms with Gasteiger partial charge in [-0.15, -0.1) is 0 Å². The third-order valence-electron chi connectivity index (χ3n) is 6.05. The van der Waals surface area contributed by atoms with E-state index < -0.39 is 0 Å². The summed E-state index contributed by atoms with van der Waals surface area (Å²) >= 11 is 0. The fraction of sp³-hybridized carbons (Fsp3) is 0.385. The molecule has 2 aromatic rings. The van der Waals surface area contributed by atoms with Crippen molar-refractivity contribution in [3.8, 4) is 5.75 Å². The summed E-state index contributed by atoms with van der Waals surface area (Å²) in [7, 11) is 2.08. The Hall–Kier alpha value is -3.12. The van der Waals surface area contributed by atoms with E-state index in [-0.39, 0.29) is 11.8 Å². The van der Waals surface area contributed by atoms with Gasteiger partial charge in [-0.3, -0.25) is 14.5 Å². The van der Waals surface area contributed by atoms with E-state index in [4.69, 9.17) is 4.74 Å². The number of ether oxygens (including phenoxy) is 1. The Labute approximate surface area is 190 Å². The van der Waals surface area contributed by atoms with Crippen molar-refractivity contribution in [3.63, 3.8) is 0 Å². The molecule has 0 N–H and O–H groups in total. The van der Waals surface area contributed by atoms with Crippen molar-refractivity contribution < 1.29 is 14.3 Å². The highest BCUT2D eigenvalue weighted by molar-refractivity contribution is 6.35. The molecule has 0 saturated carbocycles. The molecule has 2 aromatic carbocycles. The van der Waals surface area contributed by atoms with E-state index in [1.807, 2.05) is 54.6 Å². The van der Waals surface area contributed by atoms with Crippen molar-refractivity contribution in [3.05, 3.63) is 71.4 Å². The molecule has 4 rings (SSSR count). The van der Waals surface area contributed by atoms with Crippen LogP contribution in [0.5, 0.6) is 5.75 Å². The second-order valence-corrected chi connectivity index (χ2v) is 8.38. The van der Waals surface area contributed by atoms with Crippen LogP contribution in [0.3, 0.4) is 0 Å². The van der Waals surface area contributed by atoms with Gasteiger partial charge in [-0.2, -0.15) is 0 Å². The van der Waals surface area contributed by atoms with Crippen molar-refractivity contribution in [2.45, 2.75) is 19.8 Å². The van der Waals surface area contributed by atoms with Crippen molar-refractivity contribution in [1.29, 1.82) is 0 Å². The Morgan fingerprint density at radius 3 is 2.22 bits per heavy atom. The van der Waals surface area contributed by atoms with Crippen LogP contribution in [-0.2, 0) is 16.0 Å². The summed E-state index contributed by atoms with van der Waals surface area (Å²) in [5, 5.41) is 0. The third-order valence-corrected chi connectivity index (χ3v) is 6.05. The van der Waals surface area contributed by atoms with Crippen LogP contribution < -0.4 is 4.74 Å². The average Bonchev–Trinajstić information content (AvgIpc) is 3.07. The largest absolute Gasteiger partial charge is 0.494 e. The molecule has 1 saturated heterocycles. The van der Waals surface area contributed by atoms with Gasteiger partial charge >= 0.3 is 0 Å². The molecule has 0 aliphatic carbocycles. The summed E-state index contributed by atoms with van der Waals surface area (Å²) in [5.41, 5.74) is 2.93. The van der Waals surface area contributed by atoms with Gasteiger partial charge < -0.3 is 14.5 Å². The van der Waals surface area contributed by atoms with Crippen LogP contribution in [0, 0.1) is 0 Å². The van der Waals surface area contributed by atoms with Gasteiger partial charge in [-0.25, -0.2) is 0 Å². The van der Waals surface area contributed by atoms with Gasteiger partial charge in [-0.1, -0.05) is 49.4 Å². The molecule has 0 bridgehead atoms. The zero-order valence-electron chi connectivity index (χ0n) is 18.9. The second-order valence-electron chi connectivity index (χ2n) is 8.38. The highest BCUT2D eigenvalue weighted by atomic mass is 16.5. The molecule has 0 radical (unpaired) electrons. The molecule has 0 atom stereocenters. The first kappa shape index (κ1) is 22.1. The summed E-state index contributed by atoms with van der Waals surface area (Å²) in [4.78, 5) is 32.7. The predicted octanol–water partition coefficient (Wildman–Crippen LogP) is 3.05. The fourth-order valence-electron chi connectivity index (χ4n) is 4.17. The van der Waals surface area contributed by atoms with Gasteiger partial charge in [0.15, 0.2) is 0 Å². The number of carbonyl (C=O) groups is 2. The lowest BCUT2D eigenvalue weighted by Gasteiger charge is -2.34. The molecule has 6 nitrogen and oxygen atoms in total. The molecule has 1 fully saturated rings. The van der Waals surface area contributed by atoms with Crippen molar-refractivity contribution in [2.24, 2.45) is 0 Å². The van der Waals surface area contributed by atoms with Crippen LogP contribution in [0.4, 0.5) is 0 Å². The highest BCUT2D eigenvalue weighted by Gasteiger charge is 2.41. The summed E-state index contributed by atoms with van der Waals surface area (Å²) in [6, 6.07) is 17.5. The molecule has 2 aliphatic heterocycles. The average molecular weight is 434 g/mol. The van der Waals surface area contributed by atoms with E-state index in [0.29, 0.717) is 30.8 Å². The van der Waals surface area contributed by atoms with Gasteiger partial charge in [0, 0.05) is 32.7 Å². The quantitative estimate of drug-likeness (QED) is 0.599. The fourth-order valence-corrected chi connectivity index (χ4v) is 4.17. The molecular weight excluding hydrogens is 402 g/mol. The molecule has 0 unspecified atom stereocenters. The van der Waals surface area contributed by atoms with Crippen molar-refractivity contribution in [2.75, 3.05) is 46.4 Å². The first-order chi connectivity index (χ1) is 15.6. The van der Waals surface area contributed by atoms with E-state index in [1.165, 1.54) is 4.90 Å². The zero-order valence-corrected chi connectivity index (χ0v) is 18.9. The zero-order chi connectivity index (χ0) is 22.5. The Morgan fingerprint density at radius 1 is 0.875 bits per heavy atom. The molecule has 2 amide bonds. The maximum atomic E-state index is 13.5. The molecular formula is C26H31N3O3. The smallest absolute Gasteiger partial charge is 0.277 e. The van der Waals surface area contributed by atoms with Crippen LogP contribution >= 0.6 is 0 Å². The number of piperazine rings is 1. The number of likely N-dealkylation sites (N-methyl/N-ethyl adjacent to an activating group) is 1. The lowest BCUT2D eigenvalue weighted by molar-refractivity contribution is -0.137. The molecule has 32 heavy (non-hydrogen) atoms. The number of carbonyl (C=O) groups excluding carboxylic acids is 2. The van der Waals surface area contributed by atoms with E-state index in [1.54, 1.807) is 0 Å². The van der Waals surface area contributed by atoms with Crippen molar-refractivity contribution in [1.82, 2.24) is 14.7 Å². The number of imide groups is 1. The SMILES string of the molecule is CCCOc1ccc(C2=C(N3CCN(C)CC3)C(=O)N(CCc3ccccc3)C2=O)cc1. The molecule has 2 aliphatic rings. The van der Waals surface area contributed by atoms with Gasteiger partial charge in [-0.05, 0) is 43.1 Å². The number of nitrogens with zero attached hydrogens (tertiary/aromatic N) is 3. The summed E-state index contributed by atoms with van der Waals surface area (Å²) in [6.07, 6.45) is 1.58. The molecule has 0 spiro atoms.